The summed E-state index contributed by atoms with van der Waals surface area (Å²) in [6, 6.07) is 14.1. The molecule has 0 aromatic heterocycles. The van der Waals surface area contributed by atoms with Gasteiger partial charge in [-0.2, -0.15) is 0 Å². The maximum atomic E-state index is 13.2. The Kier molecular flexibility index (Phi) is 13.3. The number of carbonyl (C=O) groups is 2. The monoisotopic (exact) mass is 547 g/mol. The van der Waals surface area contributed by atoms with E-state index in [0.717, 1.165) is 30.4 Å². The van der Waals surface area contributed by atoms with Crippen LogP contribution in [0.5, 0.6) is 5.75 Å². The molecule has 1 amide bonds. The van der Waals surface area contributed by atoms with Crippen molar-refractivity contribution in [2.45, 2.75) is 110 Å². The van der Waals surface area contributed by atoms with Gasteiger partial charge in [0.2, 0.25) is 0 Å². The molecule has 1 aliphatic heterocycles. The Labute approximate surface area is 241 Å². The Bertz CT molecular complexity index is 1090. The fourth-order valence-corrected chi connectivity index (χ4v) is 5.59. The van der Waals surface area contributed by atoms with Crippen LogP contribution in [0.15, 0.2) is 54.1 Å². The van der Waals surface area contributed by atoms with Gasteiger partial charge in [-0.3, -0.25) is 9.59 Å². The Morgan fingerprint density at radius 3 is 1.75 bits per heavy atom. The predicted molar refractivity (Wildman–Crippen MR) is 163 cm³/mol. The third-order valence-corrected chi connectivity index (χ3v) is 8.05. The zero-order chi connectivity index (χ0) is 28.7. The SMILES string of the molecule is CCCCCCCCCCCCCCCCN1C(=O)C(=O)C(=C(O)c2ccc(C)cc2)[C@H]1c1ccc(OC)cc1. The molecule has 2 aromatic rings. The van der Waals surface area contributed by atoms with E-state index in [0.29, 0.717) is 17.9 Å². The minimum Gasteiger partial charge on any atom is -0.507 e. The maximum Gasteiger partial charge on any atom is 0.295 e. The highest BCUT2D eigenvalue weighted by atomic mass is 16.5. The average molecular weight is 548 g/mol. The van der Waals surface area contributed by atoms with Crippen molar-refractivity contribution < 1.29 is 19.4 Å². The summed E-state index contributed by atoms with van der Waals surface area (Å²) in [5.74, 6) is -0.581. The largest absolute Gasteiger partial charge is 0.507 e. The first-order chi connectivity index (χ1) is 19.5. The molecule has 0 bridgehead atoms. The minimum atomic E-state index is -0.621. The molecule has 5 nitrogen and oxygen atoms in total. The molecule has 0 aliphatic carbocycles. The van der Waals surface area contributed by atoms with Gasteiger partial charge in [0.1, 0.15) is 11.5 Å². The van der Waals surface area contributed by atoms with E-state index in [1.807, 2.05) is 43.3 Å². The number of aliphatic hydroxyl groups is 1. The molecule has 2 aromatic carbocycles. The van der Waals surface area contributed by atoms with Crippen LogP contribution in [0.4, 0.5) is 0 Å². The van der Waals surface area contributed by atoms with Gasteiger partial charge in [-0.05, 0) is 31.0 Å². The summed E-state index contributed by atoms with van der Waals surface area (Å²) in [6.45, 7) is 4.72. The van der Waals surface area contributed by atoms with Gasteiger partial charge in [-0.15, -0.1) is 0 Å². The highest BCUT2D eigenvalue weighted by Gasteiger charge is 2.45. The van der Waals surface area contributed by atoms with Gasteiger partial charge in [-0.25, -0.2) is 0 Å². The lowest BCUT2D eigenvalue weighted by molar-refractivity contribution is -0.139. The van der Waals surface area contributed by atoms with Gasteiger partial charge in [0.25, 0.3) is 11.7 Å². The quantitative estimate of drug-likeness (QED) is 0.0876. The van der Waals surface area contributed by atoms with Crippen LogP contribution in [0.3, 0.4) is 0 Å². The standard InChI is InChI=1S/C35H49NO4/c1-4-5-6-7-8-9-10-11-12-13-14-15-16-17-26-36-32(28-22-24-30(40-3)25-23-28)31(34(38)35(36)39)33(37)29-20-18-27(2)19-21-29/h18-25,32,37H,4-17,26H2,1-3H3/t32-/m1/s1. The second kappa shape index (κ2) is 16.9. The first kappa shape index (κ1) is 31.4. The lowest BCUT2D eigenvalue weighted by Gasteiger charge is -2.25. The Hall–Kier alpha value is -3.08. The Balaban J connectivity index is 1.55. The molecule has 1 N–H and O–H groups in total. The molecular weight excluding hydrogens is 498 g/mol. The molecule has 0 unspecified atom stereocenters. The van der Waals surface area contributed by atoms with Gasteiger partial charge in [-0.1, -0.05) is 132 Å². The highest BCUT2D eigenvalue weighted by molar-refractivity contribution is 6.46. The second-order valence-electron chi connectivity index (χ2n) is 11.2. The van der Waals surface area contributed by atoms with Crippen molar-refractivity contribution in [1.29, 1.82) is 0 Å². The number of rotatable bonds is 18. The molecule has 3 rings (SSSR count). The van der Waals surface area contributed by atoms with Crippen LogP contribution in [-0.2, 0) is 9.59 Å². The number of ether oxygens (including phenoxy) is 1. The number of nitrogens with zero attached hydrogens (tertiary/aromatic N) is 1. The smallest absolute Gasteiger partial charge is 0.295 e. The molecule has 1 aliphatic rings. The minimum absolute atomic E-state index is 0.123. The summed E-state index contributed by atoms with van der Waals surface area (Å²) in [5, 5.41) is 11.2. The lowest BCUT2D eigenvalue weighted by atomic mass is 9.95. The molecule has 218 valence electrons. The van der Waals surface area contributed by atoms with Crippen molar-refractivity contribution in [2.75, 3.05) is 13.7 Å². The predicted octanol–water partition coefficient (Wildman–Crippen LogP) is 8.91. The van der Waals surface area contributed by atoms with Crippen LogP contribution >= 0.6 is 0 Å². The summed E-state index contributed by atoms with van der Waals surface area (Å²) in [5.41, 5.74) is 2.54. The summed E-state index contributed by atoms with van der Waals surface area (Å²) in [7, 11) is 1.61. The number of hydrogen-bond donors (Lipinski definition) is 1. The van der Waals surface area contributed by atoms with Crippen molar-refractivity contribution in [3.05, 3.63) is 70.8 Å². The van der Waals surface area contributed by atoms with Crippen LogP contribution in [0, 0.1) is 6.92 Å². The van der Waals surface area contributed by atoms with E-state index in [2.05, 4.69) is 6.92 Å². The summed E-state index contributed by atoms with van der Waals surface area (Å²) in [4.78, 5) is 28.0. The fourth-order valence-electron chi connectivity index (χ4n) is 5.59. The number of ketones is 1. The molecule has 0 saturated carbocycles. The fraction of sp³-hybridized carbons (Fsp3) is 0.543. The van der Waals surface area contributed by atoms with Gasteiger partial charge < -0.3 is 14.7 Å². The number of Topliss-reactive ketones (excluding diaryl/α,β-unsaturated/α-hetero) is 1. The van der Waals surface area contributed by atoms with Crippen LogP contribution < -0.4 is 4.74 Å². The Morgan fingerprint density at radius 1 is 0.750 bits per heavy atom. The number of benzene rings is 2. The van der Waals surface area contributed by atoms with E-state index in [1.54, 1.807) is 24.1 Å². The number of aryl methyl sites for hydroxylation is 1. The van der Waals surface area contributed by atoms with Gasteiger partial charge in [0.15, 0.2) is 0 Å². The first-order valence-corrected chi connectivity index (χ1v) is 15.5. The van der Waals surface area contributed by atoms with E-state index in [4.69, 9.17) is 4.74 Å². The average Bonchev–Trinajstić information content (AvgIpc) is 3.22. The normalized spacial score (nSPS) is 16.6. The number of amides is 1. The number of likely N-dealkylation sites (tertiary alicyclic amines) is 1. The first-order valence-electron chi connectivity index (χ1n) is 15.5. The van der Waals surface area contributed by atoms with E-state index < -0.39 is 17.7 Å². The van der Waals surface area contributed by atoms with Crippen LogP contribution in [0.2, 0.25) is 0 Å². The number of carbonyl (C=O) groups excluding carboxylic acids is 2. The van der Waals surface area contributed by atoms with Crippen molar-refractivity contribution in [3.8, 4) is 5.75 Å². The zero-order valence-corrected chi connectivity index (χ0v) is 24.9. The van der Waals surface area contributed by atoms with Crippen molar-refractivity contribution >= 4 is 17.4 Å². The molecule has 40 heavy (non-hydrogen) atoms. The zero-order valence-electron chi connectivity index (χ0n) is 24.9. The summed E-state index contributed by atoms with van der Waals surface area (Å²) >= 11 is 0. The molecule has 1 saturated heterocycles. The van der Waals surface area contributed by atoms with Gasteiger partial charge in [0.05, 0.1) is 18.7 Å². The molecular formula is C35H49NO4. The molecule has 1 atom stereocenters. The number of hydrogen-bond acceptors (Lipinski definition) is 4. The van der Waals surface area contributed by atoms with Crippen molar-refractivity contribution in [2.24, 2.45) is 0 Å². The van der Waals surface area contributed by atoms with Crippen molar-refractivity contribution in [3.63, 3.8) is 0 Å². The number of aliphatic hydroxyl groups excluding tert-OH is 1. The highest BCUT2D eigenvalue weighted by Crippen LogP contribution is 2.40. The molecule has 0 spiro atoms. The molecule has 0 radical (unpaired) electrons. The maximum absolute atomic E-state index is 13.2. The van der Waals surface area contributed by atoms with Gasteiger partial charge in [0, 0.05) is 12.1 Å². The third kappa shape index (κ3) is 8.97. The summed E-state index contributed by atoms with van der Waals surface area (Å²) < 4.78 is 5.30. The second-order valence-corrected chi connectivity index (χ2v) is 11.2. The van der Waals surface area contributed by atoms with E-state index >= 15 is 0 Å². The third-order valence-electron chi connectivity index (χ3n) is 8.05. The number of unbranched alkanes of at least 4 members (excludes halogenated alkanes) is 13. The topological polar surface area (TPSA) is 66.8 Å². The van der Waals surface area contributed by atoms with Crippen LogP contribution in [0.25, 0.3) is 5.76 Å². The lowest BCUT2D eigenvalue weighted by Crippen LogP contribution is -2.30. The molecule has 5 heteroatoms. The van der Waals surface area contributed by atoms with E-state index in [-0.39, 0.29) is 11.3 Å². The van der Waals surface area contributed by atoms with E-state index in [1.165, 1.54) is 70.6 Å². The van der Waals surface area contributed by atoms with Crippen LogP contribution in [0.1, 0.15) is 120 Å². The Morgan fingerprint density at radius 2 is 1.25 bits per heavy atom. The van der Waals surface area contributed by atoms with Crippen LogP contribution in [-0.4, -0.2) is 35.4 Å². The van der Waals surface area contributed by atoms with E-state index in [9.17, 15) is 14.7 Å². The van der Waals surface area contributed by atoms with Gasteiger partial charge >= 0.3 is 0 Å². The molecule has 1 heterocycles. The summed E-state index contributed by atoms with van der Waals surface area (Å²) in [6.07, 6.45) is 17.7. The van der Waals surface area contributed by atoms with Crippen molar-refractivity contribution in [1.82, 2.24) is 4.90 Å². The number of methoxy groups -OCH3 is 1. The molecule has 1 fully saturated rings.